The van der Waals surface area contributed by atoms with Crippen LogP contribution in [0.1, 0.15) is 12.3 Å². The third-order valence-electron chi connectivity index (χ3n) is 3.44. The number of aromatic nitrogens is 2. The van der Waals surface area contributed by atoms with Gasteiger partial charge in [-0.15, -0.1) is 0 Å². The first-order chi connectivity index (χ1) is 12.1. The van der Waals surface area contributed by atoms with Crippen LogP contribution >= 0.6 is 0 Å². The summed E-state index contributed by atoms with van der Waals surface area (Å²) in [5.41, 5.74) is 0.829. The Kier molecular flexibility index (Phi) is 4.79. The van der Waals surface area contributed by atoms with Gasteiger partial charge >= 0.3 is 0 Å². The molecule has 0 saturated heterocycles. The van der Waals surface area contributed by atoms with Crippen LogP contribution < -0.4 is 5.32 Å². The van der Waals surface area contributed by atoms with Gasteiger partial charge in [0.1, 0.15) is 5.69 Å². The Morgan fingerprint density at radius 2 is 1.84 bits per heavy atom. The minimum absolute atomic E-state index is 0.0719. The number of nitrogens with one attached hydrogen (secondary N) is 1. The van der Waals surface area contributed by atoms with Crippen molar-refractivity contribution in [2.24, 2.45) is 0 Å². The fourth-order valence-electron chi connectivity index (χ4n) is 2.23. The molecule has 0 aliphatic carbocycles. The molecule has 1 N–H and O–H groups in total. The van der Waals surface area contributed by atoms with E-state index in [1.165, 1.54) is 18.2 Å². The number of nitro groups is 1. The van der Waals surface area contributed by atoms with Crippen molar-refractivity contribution in [2.45, 2.75) is 12.8 Å². The van der Waals surface area contributed by atoms with E-state index in [9.17, 15) is 14.9 Å². The summed E-state index contributed by atoms with van der Waals surface area (Å²) in [7, 11) is 0. The molecule has 0 saturated carbocycles. The molecule has 1 heterocycles. The lowest BCUT2D eigenvalue weighted by atomic mass is 10.2. The summed E-state index contributed by atoms with van der Waals surface area (Å²) >= 11 is 0. The molecule has 2 aromatic carbocycles. The number of rotatable bonds is 6. The molecule has 25 heavy (non-hydrogen) atoms. The summed E-state index contributed by atoms with van der Waals surface area (Å²) in [5.74, 6) is 0.417. The third kappa shape index (κ3) is 4.05. The van der Waals surface area contributed by atoms with Crippen LogP contribution in [-0.4, -0.2) is 21.0 Å². The van der Waals surface area contributed by atoms with Crippen molar-refractivity contribution >= 4 is 17.3 Å². The number of nitro benzene ring substituents is 1. The minimum Gasteiger partial charge on any atom is -0.339 e. The zero-order valence-electron chi connectivity index (χ0n) is 13.1. The van der Waals surface area contributed by atoms with Crippen molar-refractivity contribution in [2.75, 3.05) is 5.32 Å². The highest BCUT2D eigenvalue weighted by atomic mass is 16.6. The van der Waals surface area contributed by atoms with E-state index in [1.54, 1.807) is 6.07 Å². The number of anilines is 1. The number of aryl methyl sites for hydroxylation is 1. The summed E-state index contributed by atoms with van der Waals surface area (Å²) < 4.78 is 5.13. The molecule has 0 bridgehead atoms. The SMILES string of the molecule is O=C(CCc1nc(-c2ccccc2)no1)Nc1ccccc1[N+](=O)[O-]. The van der Waals surface area contributed by atoms with Crippen molar-refractivity contribution in [1.82, 2.24) is 10.1 Å². The van der Waals surface area contributed by atoms with Crippen molar-refractivity contribution in [3.8, 4) is 11.4 Å². The van der Waals surface area contributed by atoms with Crippen LogP contribution in [0.15, 0.2) is 59.1 Å². The zero-order chi connectivity index (χ0) is 17.6. The second kappa shape index (κ2) is 7.35. The van der Waals surface area contributed by atoms with Gasteiger partial charge in [-0.05, 0) is 6.07 Å². The van der Waals surface area contributed by atoms with Crippen LogP contribution in [0.2, 0.25) is 0 Å². The number of hydrogen-bond acceptors (Lipinski definition) is 6. The smallest absolute Gasteiger partial charge is 0.292 e. The van der Waals surface area contributed by atoms with Gasteiger partial charge in [-0.1, -0.05) is 47.6 Å². The molecule has 0 aliphatic rings. The Bertz CT molecular complexity index is 892. The quantitative estimate of drug-likeness (QED) is 0.545. The monoisotopic (exact) mass is 338 g/mol. The van der Waals surface area contributed by atoms with Crippen LogP contribution in [0.4, 0.5) is 11.4 Å². The Labute approximate surface area is 142 Å². The Morgan fingerprint density at radius 1 is 1.12 bits per heavy atom. The van der Waals surface area contributed by atoms with Crippen LogP contribution in [0.25, 0.3) is 11.4 Å². The van der Waals surface area contributed by atoms with Gasteiger partial charge in [0.2, 0.25) is 17.6 Å². The largest absolute Gasteiger partial charge is 0.339 e. The molecule has 3 rings (SSSR count). The maximum absolute atomic E-state index is 12.0. The Morgan fingerprint density at radius 3 is 2.60 bits per heavy atom. The number of benzene rings is 2. The van der Waals surface area contributed by atoms with E-state index < -0.39 is 4.92 Å². The first kappa shape index (κ1) is 16.3. The molecule has 8 nitrogen and oxygen atoms in total. The average Bonchev–Trinajstić information content (AvgIpc) is 3.10. The Balaban J connectivity index is 1.60. The lowest BCUT2D eigenvalue weighted by molar-refractivity contribution is -0.383. The highest BCUT2D eigenvalue weighted by molar-refractivity contribution is 5.93. The molecule has 126 valence electrons. The van der Waals surface area contributed by atoms with Crippen molar-refractivity contribution < 1.29 is 14.2 Å². The van der Waals surface area contributed by atoms with Crippen molar-refractivity contribution in [3.05, 3.63) is 70.6 Å². The van der Waals surface area contributed by atoms with Gasteiger partial charge in [0.15, 0.2) is 0 Å². The number of amides is 1. The van der Waals surface area contributed by atoms with Crippen LogP contribution in [-0.2, 0) is 11.2 Å². The number of carbonyl (C=O) groups is 1. The maximum atomic E-state index is 12.0. The molecule has 1 amide bonds. The molecule has 0 atom stereocenters. The van der Waals surface area contributed by atoms with Crippen molar-refractivity contribution in [1.29, 1.82) is 0 Å². The van der Waals surface area contributed by atoms with E-state index in [0.717, 1.165) is 5.56 Å². The molecule has 0 fully saturated rings. The van der Waals surface area contributed by atoms with Crippen LogP contribution in [0, 0.1) is 10.1 Å². The molecular weight excluding hydrogens is 324 g/mol. The van der Waals surface area contributed by atoms with E-state index in [0.29, 0.717) is 11.7 Å². The van der Waals surface area contributed by atoms with Gasteiger partial charge in [0.25, 0.3) is 5.69 Å². The van der Waals surface area contributed by atoms with Gasteiger partial charge in [0.05, 0.1) is 4.92 Å². The van der Waals surface area contributed by atoms with Crippen LogP contribution in [0.5, 0.6) is 0 Å². The second-order valence-electron chi connectivity index (χ2n) is 5.20. The average molecular weight is 338 g/mol. The molecule has 3 aromatic rings. The third-order valence-corrected chi connectivity index (χ3v) is 3.44. The highest BCUT2D eigenvalue weighted by Gasteiger charge is 2.16. The van der Waals surface area contributed by atoms with E-state index in [4.69, 9.17) is 4.52 Å². The van der Waals surface area contributed by atoms with Gasteiger partial charge in [-0.2, -0.15) is 4.98 Å². The maximum Gasteiger partial charge on any atom is 0.292 e. The topological polar surface area (TPSA) is 111 Å². The first-order valence-corrected chi connectivity index (χ1v) is 7.55. The number of nitrogens with zero attached hydrogens (tertiary/aromatic N) is 3. The molecule has 0 radical (unpaired) electrons. The predicted molar refractivity (Wildman–Crippen MR) is 89.8 cm³/mol. The van der Waals surface area contributed by atoms with Gasteiger partial charge in [-0.3, -0.25) is 14.9 Å². The summed E-state index contributed by atoms with van der Waals surface area (Å²) in [6.45, 7) is 0. The molecular formula is C17H14N4O4. The molecule has 0 aliphatic heterocycles. The molecule has 1 aromatic heterocycles. The number of carbonyl (C=O) groups excluding carboxylic acids is 1. The summed E-state index contributed by atoms with van der Waals surface area (Å²) in [6, 6.07) is 15.3. The lowest BCUT2D eigenvalue weighted by Gasteiger charge is -2.04. The van der Waals surface area contributed by atoms with Crippen molar-refractivity contribution in [3.63, 3.8) is 0 Å². The summed E-state index contributed by atoms with van der Waals surface area (Å²) in [5, 5.41) is 17.3. The van der Waals surface area contributed by atoms with Gasteiger partial charge in [-0.25, -0.2) is 0 Å². The van der Waals surface area contributed by atoms with Crippen LogP contribution in [0.3, 0.4) is 0 Å². The second-order valence-corrected chi connectivity index (χ2v) is 5.20. The minimum atomic E-state index is -0.542. The number of para-hydroxylation sites is 2. The standard InChI is InChI=1S/C17H14N4O4/c22-15(18-13-8-4-5-9-14(13)21(23)24)10-11-16-19-17(20-25-16)12-6-2-1-3-7-12/h1-9H,10-11H2,(H,18,22). The summed E-state index contributed by atoms with van der Waals surface area (Å²) in [4.78, 5) is 26.7. The van der Waals surface area contributed by atoms with E-state index >= 15 is 0 Å². The van der Waals surface area contributed by atoms with E-state index in [-0.39, 0.29) is 30.1 Å². The summed E-state index contributed by atoms with van der Waals surface area (Å²) in [6.07, 6.45) is 0.314. The molecule has 0 spiro atoms. The fourth-order valence-corrected chi connectivity index (χ4v) is 2.23. The van der Waals surface area contributed by atoms with Gasteiger partial charge < -0.3 is 9.84 Å². The zero-order valence-corrected chi connectivity index (χ0v) is 13.1. The highest BCUT2D eigenvalue weighted by Crippen LogP contribution is 2.23. The Hall–Kier alpha value is -3.55. The molecule has 0 unspecified atom stereocenters. The van der Waals surface area contributed by atoms with E-state index in [1.807, 2.05) is 30.3 Å². The first-order valence-electron chi connectivity index (χ1n) is 7.55. The normalized spacial score (nSPS) is 10.4. The number of hydrogen-bond donors (Lipinski definition) is 1. The predicted octanol–water partition coefficient (Wildman–Crippen LogP) is 3.22. The molecule has 8 heteroatoms. The lowest BCUT2D eigenvalue weighted by Crippen LogP contribution is -2.13. The fraction of sp³-hybridized carbons (Fsp3) is 0.118. The van der Waals surface area contributed by atoms with Gasteiger partial charge in [0, 0.05) is 24.5 Å². The van der Waals surface area contributed by atoms with E-state index in [2.05, 4.69) is 15.5 Å².